The number of rotatable bonds is 4. The van der Waals surface area contributed by atoms with Crippen molar-refractivity contribution in [3.05, 3.63) is 29.1 Å². The summed E-state index contributed by atoms with van der Waals surface area (Å²) in [5.41, 5.74) is 1.59. The largest absolute Gasteiger partial charge is 0.481 e. The second kappa shape index (κ2) is 4.58. The lowest BCUT2D eigenvalue weighted by molar-refractivity contribution is -0.137. The van der Waals surface area contributed by atoms with E-state index >= 15 is 0 Å². The molecule has 2 N–H and O–H groups in total. The van der Waals surface area contributed by atoms with Gasteiger partial charge in [-0.05, 0) is 48.8 Å². The van der Waals surface area contributed by atoms with E-state index < -0.39 is 11.8 Å². The summed E-state index contributed by atoms with van der Waals surface area (Å²) >= 11 is 0. The van der Waals surface area contributed by atoms with Crippen molar-refractivity contribution in [3.8, 4) is 0 Å². The Kier molecular flexibility index (Phi) is 3.00. The van der Waals surface area contributed by atoms with E-state index in [1.54, 1.807) is 13.0 Å². The van der Waals surface area contributed by atoms with Gasteiger partial charge in [-0.15, -0.1) is 0 Å². The van der Waals surface area contributed by atoms with E-state index in [2.05, 4.69) is 5.32 Å². The number of hydrogen-bond donors (Lipinski definition) is 2. The number of nitrogens with one attached hydrogen (secondary N) is 1. The molecule has 106 valence electrons. The van der Waals surface area contributed by atoms with E-state index in [1.807, 2.05) is 0 Å². The van der Waals surface area contributed by atoms with E-state index in [4.69, 9.17) is 5.11 Å². The SMILES string of the molecule is CC1C(=O)Nc2c(F)cc(C(CC(=O)O)C3CC3)cc21. The molecule has 20 heavy (non-hydrogen) atoms. The molecule has 4 nitrogen and oxygen atoms in total. The van der Waals surface area contributed by atoms with Crippen LogP contribution in [0.5, 0.6) is 0 Å². The van der Waals surface area contributed by atoms with Gasteiger partial charge in [-0.3, -0.25) is 9.59 Å². The van der Waals surface area contributed by atoms with Crippen molar-refractivity contribution >= 4 is 17.6 Å². The van der Waals surface area contributed by atoms with Crippen LogP contribution < -0.4 is 5.32 Å². The van der Waals surface area contributed by atoms with Gasteiger partial charge in [-0.25, -0.2) is 4.39 Å². The summed E-state index contributed by atoms with van der Waals surface area (Å²) in [4.78, 5) is 22.6. The molecule has 0 radical (unpaired) electrons. The smallest absolute Gasteiger partial charge is 0.303 e. The summed E-state index contributed by atoms with van der Waals surface area (Å²) in [6.45, 7) is 1.73. The van der Waals surface area contributed by atoms with Gasteiger partial charge < -0.3 is 10.4 Å². The van der Waals surface area contributed by atoms with Crippen LogP contribution in [0.25, 0.3) is 0 Å². The molecule has 1 aromatic carbocycles. The maximum absolute atomic E-state index is 14.1. The lowest BCUT2D eigenvalue weighted by Crippen LogP contribution is -2.09. The Morgan fingerprint density at radius 3 is 2.80 bits per heavy atom. The van der Waals surface area contributed by atoms with Crippen molar-refractivity contribution in [3.63, 3.8) is 0 Å². The van der Waals surface area contributed by atoms with Crippen molar-refractivity contribution in [2.75, 3.05) is 5.32 Å². The van der Waals surface area contributed by atoms with E-state index in [9.17, 15) is 14.0 Å². The van der Waals surface area contributed by atoms with Gasteiger partial charge in [0.05, 0.1) is 18.0 Å². The van der Waals surface area contributed by atoms with Crippen LogP contribution in [0, 0.1) is 11.7 Å². The molecule has 1 fully saturated rings. The molecule has 3 rings (SSSR count). The zero-order valence-electron chi connectivity index (χ0n) is 11.1. The average molecular weight is 277 g/mol. The Morgan fingerprint density at radius 1 is 1.50 bits per heavy atom. The number of carboxylic acid groups (broad SMARTS) is 1. The highest BCUT2D eigenvalue weighted by Crippen LogP contribution is 2.46. The summed E-state index contributed by atoms with van der Waals surface area (Å²) in [6, 6.07) is 3.18. The van der Waals surface area contributed by atoms with E-state index in [0.29, 0.717) is 17.0 Å². The number of carbonyl (C=O) groups is 2. The summed E-state index contributed by atoms with van der Waals surface area (Å²) in [7, 11) is 0. The molecule has 1 aliphatic carbocycles. The van der Waals surface area contributed by atoms with Crippen LogP contribution in [0.4, 0.5) is 10.1 Å². The zero-order chi connectivity index (χ0) is 14.4. The summed E-state index contributed by atoms with van der Waals surface area (Å²) in [5, 5.41) is 11.6. The quantitative estimate of drug-likeness (QED) is 0.889. The molecule has 0 aromatic heterocycles. The van der Waals surface area contributed by atoms with Crippen LogP contribution in [-0.2, 0) is 9.59 Å². The topological polar surface area (TPSA) is 66.4 Å². The number of anilines is 1. The number of hydrogen-bond acceptors (Lipinski definition) is 2. The average Bonchev–Trinajstić information content (AvgIpc) is 3.17. The molecular formula is C15H16FNO3. The van der Waals surface area contributed by atoms with Gasteiger partial charge in [-0.1, -0.05) is 6.07 Å². The normalized spacial score (nSPS) is 22.3. The number of amides is 1. The minimum absolute atomic E-state index is 0.0125. The lowest BCUT2D eigenvalue weighted by Gasteiger charge is -2.16. The number of halogens is 1. The molecule has 2 unspecified atom stereocenters. The molecule has 1 heterocycles. The van der Waals surface area contributed by atoms with Crippen LogP contribution in [0.15, 0.2) is 12.1 Å². The third kappa shape index (κ3) is 2.17. The Balaban J connectivity index is 2.00. The first kappa shape index (κ1) is 13.1. The van der Waals surface area contributed by atoms with Crippen molar-refractivity contribution in [2.45, 2.75) is 38.0 Å². The predicted molar refractivity (Wildman–Crippen MR) is 71.2 cm³/mol. The monoisotopic (exact) mass is 277 g/mol. The Labute approximate surface area is 116 Å². The van der Waals surface area contributed by atoms with Gasteiger partial charge in [0.1, 0.15) is 5.82 Å². The molecule has 0 bridgehead atoms. The maximum Gasteiger partial charge on any atom is 0.303 e. The fraction of sp³-hybridized carbons (Fsp3) is 0.467. The third-order valence-corrected chi connectivity index (χ3v) is 4.26. The van der Waals surface area contributed by atoms with Gasteiger partial charge in [0.25, 0.3) is 0 Å². The van der Waals surface area contributed by atoms with Crippen molar-refractivity contribution in [2.24, 2.45) is 5.92 Å². The number of fused-ring (bicyclic) bond motifs is 1. The molecule has 5 heteroatoms. The van der Waals surface area contributed by atoms with Gasteiger partial charge in [0, 0.05) is 0 Å². The molecular weight excluding hydrogens is 261 g/mol. The first-order chi connectivity index (χ1) is 9.47. The molecule has 0 spiro atoms. The van der Waals surface area contributed by atoms with Crippen molar-refractivity contribution in [1.29, 1.82) is 0 Å². The molecule has 1 saturated carbocycles. The fourth-order valence-corrected chi connectivity index (χ4v) is 2.95. The van der Waals surface area contributed by atoms with Crippen LogP contribution >= 0.6 is 0 Å². The molecule has 0 saturated heterocycles. The lowest BCUT2D eigenvalue weighted by atomic mass is 9.88. The summed E-state index contributed by atoms with van der Waals surface area (Å²) in [6.07, 6.45) is 1.99. The molecule has 1 amide bonds. The van der Waals surface area contributed by atoms with Crippen LogP contribution in [-0.4, -0.2) is 17.0 Å². The highest BCUT2D eigenvalue weighted by atomic mass is 19.1. The van der Waals surface area contributed by atoms with E-state index in [0.717, 1.165) is 12.8 Å². The number of carbonyl (C=O) groups excluding carboxylic acids is 1. The van der Waals surface area contributed by atoms with E-state index in [1.165, 1.54) is 6.07 Å². The zero-order valence-corrected chi connectivity index (χ0v) is 11.1. The first-order valence-corrected chi connectivity index (χ1v) is 6.83. The molecule has 2 atom stereocenters. The maximum atomic E-state index is 14.1. The second-order valence-corrected chi connectivity index (χ2v) is 5.72. The predicted octanol–water partition coefficient (Wildman–Crippen LogP) is 2.85. The number of benzene rings is 1. The van der Waals surface area contributed by atoms with Gasteiger partial charge in [0.2, 0.25) is 5.91 Å². The standard InChI is InChI=1S/C15H16FNO3/c1-7-10-4-9(5-12(16)14(10)17-15(7)20)11(6-13(18)19)8-2-3-8/h4-5,7-8,11H,2-3,6H2,1H3,(H,17,20)(H,18,19). The van der Waals surface area contributed by atoms with Crippen LogP contribution in [0.2, 0.25) is 0 Å². The fourth-order valence-electron chi connectivity index (χ4n) is 2.95. The first-order valence-electron chi connectivity index (χ1n) is 6.83. The van der Waals surface area contributed by atoms with Crippen molar-refractivity contribution < 1.29 is 19.1 Å². The van der Waals surface area contributed by atoms with Gasteiger partial charge in [0.15, 0.2) is 0 Å². The van der Waals surface area contributed by atoms with Gasteiger partial charge >= 0.3 is 5.97 Å². The van der Waals surface area contributed by atoms with Gasteiger partial charge in [-0.2, -0.15) is 0 Å². The number of aliphatic carboxylic acids is 1. The minimum atomic E-state index is -0.870. The van der Waals surface area contributed by atoms with Crippen LogP contribution in [0.3, 0.4) is 0 Å². The highest BCUT2D eigenvalue weighted by molar-refractivity contribution is 6.02. The minimum Gasteiger partial charge on any atom is -0.481 e. The van der Waals surface area contributed by atoms with Crippen LogP contribution in [0.1, 0.15) is 49.1 Å². The highest BCUT2D eigenvalue weighted by Gasteiger charge is 2.36. The number of carboxylic acids is 1. The molecule has 1 aliphatic heterocycles. The third-order valence-electron chi connectivity index (χ3n) is 4.26. The second-order valence-electron chi connectivity index (χ2n) is 5.72. The molecule has 1 aromatic rings. The van der Waals surface area contributed by atoms with E-state index in [-0.39, 0.29) is 29.9 Å². The van der Waals surface area contributed by atoms with Crippen molar-refractivity contribution in [1.82, 2.24) is 0 Å². The Hall–Kier alpha value is -1.91. The Bertz CT molecular complexity index is 595. The molecule has 2 aliphatic rings. The Morgan fingerprint density at radius 2 is 2.20 bits per heavy atom. The summed E-state index contributed by atoms with van der Waals surface area (Å²) in [5.74, 6) is -1.77. The summed E-state index contributed by atoms with van der Waals surface area (Å²) < 4.78 is 14.1.